The fourth-order valence-corrected chi connectivity index (χ4v) is 21.4. The third kappa shape index (κ3) is 5.99. The van der Waals surface area contributed by atoms with E-state index >= 15 is 0 Å². The third-order valence-corrected chi connectivity index (χ3v) is 23.9. The molecule has 0 atom stereocenters. The first-order chi connectivity index (χ1) is 34.2. The van der Waals surface area contributed by atoms with Gasteiger partial charge in [0, 0.05) is 29.6 Å². The molecule has 0 radical (unpaired) electrons. The molecule has 0 aliphatic carbocycles. The Morgan fingerprint density at radius 2 is 1.09 bits per heavy atom. The maximum Gasteiger partial charge on any atom is 2.00 e. The molecule has 0 spiro atoms. The Bertz CT molecular complexity index is 4030. The van der Waals surface area contributed by atoms with Crippen molar-refractivity contribution in [1.29, 1.82) is 0 Å². The van der Waals surface area contributed by atoms with E-state index in [2.05, 4.69) is 246 Å². The van der Waals surface area contributed by atoms with Crippen LogP contribution in [0.2, 0.25) is 0 Å². The predicted molar refractivity (Wildman–Crippen MR) is 287 cm³/mol. The number of para-hydroxylation sites is 2. The van der Waals surface area contributed by atoms with Gasteiger partial charge in [-0.05, 0) is 78.3 Å². The summed E-state index contributed by atoms with van der Waals surface area (Å²) in [5, 5.41) is 15.3. The second-order valence-corrected chi connectivity index (χ2v) is 25.3. The quantitative estimate of drug-likeness (QED) is 0.0696. The van der Waals surface area contributed by atoms with Gasteiger partial charge in [0.25, 0.3) is 0 Å². The Labute approximate surface area is 421 Å². The zero-order valence-corrected chi connectivity index (χ0v) is 41.9. The number of aromatic nitrogens is 4. The SMILES string of the molecule is [Pt+2].[c-]1c([Si](c2[c-]c3c(cc2)c2c4c(ccc2n3-c2ccccn2)Oc2ccccc2[Si]4(c2ccccc2)c2ccccc2)(c2ccccc2)c2ccccc2)ccc2c1c1nccn1c1ccccc21. The van der Waals surface area contributed by atoms with Crippen LogP contribution in [-0.2, 0) is 21.1 Å². The van der Waals surface area contributed by atoms with Crippen LogP contribution in [-0.4, -0.2) is 35.1 Å². The molecule has 14 rings (SSSR count). The maximum atomic E-state index is 7.08. The van der Waals surface area contributed by atoms with Crippen LogP contribution in [0.4, 0.5) is 0 Å². The van der Waals surface area contributed by atoms with Gasteiger partial charge in [-0.25, -0.2) is 4.98 Å². The monoisotopic (exact) mass is 1110 g/mol. The summed E-state index contributed by atoms with van der Waals surface area (Å²) in [5.41, 5.74) is 4.03. The summed E-state index contributed by atoms with van der Waals surface area (Å²) in [7, 11) is -6.34. The summed E-state index contributed by atoms with van der Waals surface area (Å²) in [5.74, 6) is 2.61. The number of ether oxygens (including phenoxy) is 1. The first-order valence-corrected chi connectivity index (χ1v) is 27.4. The number of rotatable bonds is 7. The molecule has 8 heteroatoms. The van der Waals surface area contributed by atoms with E-state index in [-0.39, 0.29) is 21.1 Å². The van der Waals surface area contributed by atoms with Crippen molar-refractivity contribution < 1.29 is 25.8 Å². The van der Waals surface area contributed by atoms with E-state index in [1.807, 2.05) is 18.5 Å². The summed E-state index contributed by atoms with van der Waals surface area (Å²) < 4.78 is 11.6. The predicted octanol–water partition coefficient (Wildman–Crippen LogP) is 8.59. The van der Waals surface area contributed by atoms with Crippen LogP contribution >= 0.6 is 0 Å². The minimum Gasteiger partial charge on any atom is -0.458 e. The largest absolute Gasteiger partial charge is 2.00 e. The number of pyridine rings is 2. The van der Waals surface area contributed by atoms with Crippen molar-refractivity contribution in [2.45, 2.75) is 0 Å². The topological polar surface area (TPSA) is 44.3 Å². The zero-order valence-electron chi connectivity index (χ0n) is 37.6. The van der Waals surface area contributed by atoms with Gasteiger partial charge in [0.05, 0.1) is 5.65 Å². The van der Waals surface area contributed by atoms with Gasteiger partial charge >= 0.3 is 21.1 Å². The Balaban J connectivity index is 0.00000480. The Hall–Kier alpha value is -7.94. The van der Waals surface area contributed by atoms with Crippen LogP contribution in [0.3, 0.4) is 0 Å². The molecule has 332 valence electrons. The first-order valence-electron chi connectivity index (χ1n) is 23.4. The summed E-state index contributed by atoms with van der Waals surface area (Å²) >= 11 is 0. The minimum atomic E-state index is -3.25. The summed E-state index contributed by atoms with van der Waals surface area (Å²) in [4.78, 5) is 10.1. The smallest absolute Gasteiger partial charge is 0.458 e. The van der Waals surface area contributed by atoms with Crippen molar-refractivity contribution in [3.63, 3.8) is 0 Å². The van der Waals surface area contributed by atoms with E-state index in [1.54, 1.807) is 0 Å². The van der Waals surface area contributed by atoms with E-state index in [0.717, 1.165) is 71.4 Å². The second kappa shape index (κ2) is 16.6. The Morgan fingerprint density at radius 3 is 1.79 bits per heavy atom. The average Bonchev–Trinajstić information content (AvgIpc) is 4.06. The van der Waals surface area contributed by atoms with E-state index in [4.69, 9.17) is 14.7 Å². The van der Waals surface area contributed by atoms with Gasteiger partial charge in [0.15, 0.2) is 8.07 Å². The molecular weight excluding hydrogens is 1070 g/mol. The molecule has 5 heterocycles. The number of nitrogens with zero attached hydrogens (tertiary/aromatic N) is 4. The van der Waals surface area contributed by atoms with Crippen LogP contribution in [0.5, 0.6) is 11.5 Å². The molecule has 4 aromatic heterocycles. The van der Waals surface area contributed by atoms with Crippen molar-refractivity contribution in [2.24, 2.45) is 0 Å². The standard InChI is InChI=1S/C62H40N4OSi2.Pt/c1-5-19-43(20-6-1)68(44-21-7-2-8-22-44,47-32-34-49-50-27-13-14-28-53(50)65-40-39-64-62(65)52(49)41-47)48-33-35-51-55(42-48)66(59-31-17-18-38-63-59)54-36-37-57-61(60(51)54)69(45-23-9-3-10-24-45,46-25-11-4-12-26-46)58-30-16-15-29-56(58)67-57;/h1-40H;/q-2;+2. The third-order valence-electron chi connectivity index (χ3n) is 14.5. The molecular formula is C62H40N4OPtSi2. The van der Waals surface area contributed by atoms with E-state index in [0.29, 0.717) is 0 Å². The molecule has 9 aromatic carbocycles. The van der Waals surface area contributed by atoms with Gasteiger partial charge in [-0.2, -0.15) is 23.4 Å². The molecule has 1 aliphatic heterocycles. The first kappa shape index (κ1) is 42.2. The van der Waals surface area contributed by atoms with Crippen LogP contribution in [0.15, 0.2) is 243 Å². The van der Waals surface area contributed by atoms with E-state index in [9.17, 15) is 0 Å². The molecule has 0 saturated carbocycles. The van der Waals surface area contributed by atoms with Crippen LogP contribution < -0.4 is 46.2 Å². The van der Waals surface area contributed by atoms with Crippen molar-refractivity contribution in [3.8, 4) is 17.3 Å². The van der Waals surface area contributed by atoms with Crippen molar-refractivity contribution >= 4 is 107 Å². The molecule has 13 aromatic rings. The molecule has 0 unspecified atom stereocenters. The molecule has 0 bridgehead atoms. The maximum absolute atomic E-state index is 7.08. The molecule has 5 nitrogen and oxygen atoms in total. The van der Waals surface area contributed by atoms with Crippen molar-refractivity contribution in [3.05, 3.63) is 255 Å². The zero-order chi connectivity index (χ0) is 45.5. The number of imidazole rings is 1. The normalized spacial score (nSPS) is 13.0. The Kier molecular flexibility index (Phi) is 10.0. The van der Waals surface area contributed by atoms with Crippen molar-refractivity contribution in [2.75, 3.05) is 0 Å². The summed E-state index contributed by atoms with van der Waals surface area (Å²) in [6.45, 7) is 0. The molecule has 1 aliphatic rings. The molecule has 0 amide bonds. The van der Waals surface area contributed by atoms with Crippen LogP contribution in [0.25, 0.3) is 54.9 Å². The molecule has 0 N–H and O–H groups in total. The van der Waals surface area contributed by atoms with Gasteiger partial charge in [-0.15, -0.1) is 34.2 Å². The minimum absolute atomic E-state index is 0. The van der Waals surface area contributed by atoms with E-state index in [1.165, 1.54) is 36.5 Å². The Morgan fingerprint density at radius 1 is 0.471 bits per heavy atom. The average molecular weight is 1110 g/mol. The van der Waals surface area contributed by atoms with Gasteiger partial charge in [0.1, 0.15) is 25.4 Å². The van der Waals surface area contributed by atoms with Crippen molar-refractivity contribution in [1.82, 2.24) is 18.9 Å². The van der Waals surface area contributed by atoms with Gasteiger partial charge in [0.2, 0.25) is 0 Å². The second-order valence-electron chi connectivity index (χ2n) is 17.9. The van der Waals surface area contributed by atoms with E-state index < -0.39 is 16.1 Å². The van der Waals surface area contributed by atoms with Gasteiger partial charge in [-0.3, -0.25) is 4.98 Å². The number of hydrogen-bond acceptors (Lipinski definition) is 3. The fraction of sp³-hybridized carbons (Fsp3) is 0. The summed E-state index contributed by atoms with van der Waals surface area (Å²) in [6.07, 6.45) is 5.84. The molecule has 70 heavy (non-hydrogen) atoms. The number of fused-ring (bicyclic) bond motifs is 12. The fourth-order valence-electron chi connectivity index (χ4n) is 11.7. The summed E-state index contributed by atoms with van der Waals surface area (Å²) in [6, 6.07) is 90.1. The van der Waals surface area contributed by atoms with Gasteiger partial charge in [-0.1, -0.05) is 175 Å². The number of benzene rings is 9. The molecule has 0 saturated heterocycles. The van der Waals surface area contributed by atoms with Crippen LogP contribution in [0, 0.1) is 12.1 Å². The number of hydrogen-bond donors (Lipinski definition) is 0. The van der Waals surface area contributed by atoms with Crippen LogP contribution in [0.1, 0.15) is 0 Å². The van der Waals surface area contributed by atoms with Gasteiger partial charge < -0.3 is 13.7 Å². The molecule has 0 fully saturated rings.